The van der Waals surface area contributed by atoms with Crippen molar-refractivity contribution in [3.63, 3.8) is 0 Å². The second-order valence-corrected chi connectivity index (χ2v) is 6.78. The van der Waals surface area contributed by atoms with Crippen molar-refractivity contribution in [3.05, 3.63) is 99.1 Å². The number of rotatable bonds is 5. The van der Waals surface area contributed by atoms with Crippen LogP contribution in [0.15, 0.2) is 65.7 Å². The van der Waals surface area contributed by atoms with Gasteiger partial charge in [-0.25, -0.2) is 8.78 Å². The highest BCUT2D eigenvalue weighted by Gasteiger charge is 2.10. The van der Waals surface area contributed by atoms with E-state index in [2.05, 4.69) is 4.98 Å². The Hall–Kier alpha value is -3.12. The summed E-state index contributed by atoms with van der Waals surface area (Å²) < 4.78 is 33.6. The smallest absolute Gasteiger partial charge is 0.254 e. The lowest BCUT2D eigenvalue weighted by Gasteiger charge is -2.12. The molecule has 28 heavy (non-hydrogen) atoms. The van der Waals surface area contributed by atoms with Crippen molar-refractivity contribution in [2.75, 3.05) is 0 Å². The zero-order valence-corrected chi connectivity index (χ0v) is 15.3. The molecule has 4 rings (SSSR count). The van der Waals surface area contributed by atoms with Gasteiger partial charge in [-0.3, -0.25) is 4.79 Å². The second kappa shape index (κ2) is 7.48. The normalized spacial score (nSPS) is 11.1. The average molecular weight is 401 g/mol. The van der Waals surface area contributed by atoms with Crippen LogP contribution in [0.4, 0.5) is 8.78 Å². The first-order chi connectivity index (χ1) is 13.5. The summed E-state index contributed by atoms with van der Waals surface area (Å²) in [5.74, 6) is -1.24. The number of hydrogen-bond donors (Lipinski definition) is 1. The van der Waals surface area contributed by atoms with E-state index in [1.165, 1.54) is 22.9 Å². The largest absolute Gasteiger partial charge is 0.487 e. The van der Waals surface area contributed by atoms with Gasteiger partial charge in [-0.05, 0) is 41.3 Å². The van der Waals surface area contributed by atoms with Gasteiger partial charge in [0.2, 0.25) is 0 Å². The molecule has 0 radical (unpaired) electrons. The molecule has 0 unspecified atom stereocenters. The highest BCUT2D eigenvalue weighted by molar-refractivity contribution is 6.31. The van der Waals surface area contributed by atoms with Gasteiger partial charge in [0.1, 0.15) is 24.0 Å². The summed E-state index contributed by atoms with van der Waals surface area (Å²) in [4.78, 5) is 15.5. The average Bonchev–Trinajstić information content (AvgIpc) is 3.12. The second-order valence-electron chi connectivity index (χ2n) is 6.38. The number of ether oxygens (including phenoxy) is 1. The molecule has 1 N–H and O–H groups in total. The first-order valence-electron chi connectivity index (χ1n) is 8.52. The van der Waals surface area contributed by atoms with Gasteiger partial charge in [0.15, 0.2) is 0 Å². The van der Waals surface area contributed by atoms with E-state index in [0.29, 0.717) is 6.54 Å². The Bertz CT molecular complexity index is 1220. The number of hydrogen-bond acceptors (Lipinski definition) is 2. The molecule has 0 aliphatic rings. The summed E-state index contributed by atoms with van der Waals surface area (Å²) in [6.07, 6.45) is 3.34. The fraction of sp³-hybridized carbons (Fsp3) is 0.0952. The lowest BCUT2D eigenvalue weighted by Crippen LogP contribution is -2.19. The summed E-state index contributed by atoms with van der Waals surface area (Å²) in [7, 11) is 0. The Morgan fingerprint density at radius 1 is 1.07 bits per heavy atom. The summed E-state index contributed by atoms with van der Waals surface area (Å²) in [6.45, 7) is 0.186. The fourth-order valence-electron chi connectivity index (χ4n) is 2.95. The minimum absolute atomic E-state index is 0.146. The molecule has 7 heteroatoms. The summed E-state index contributed by atoms with van der Waals surface area (Å²) in [6, 6.07) is 12.3. The Balaban J connectivity index is 1.53. The number of H-pyrrole nitrogens is 1. The molecular weight excluding hydrogens is 386 g/mol. The molecule has 0 amide bonds. The van der Waals surface area contributed by atoms with Crippen LogP contribution in [0.1, 0.15) is 11.1 Å². The quantitative estimate of drug-likeness (QED) is 0.518. The first kappa shape index (κ1) is 18.3. The molecule has 0 spiro atoms. The van der Waals surface area contributed by atoms with Crippen LogP contribution in [0.25, 0.3) is 10.9 Å². The van der Waals surface area contributed by atoms with Gasteiger partial charge in [0.05, 0.1) is 11.6 Å². The van der Waals surface area contributed by atoms with Crippen molar-refractivity contribution in [3.8, 4) is 5.75 Å². The molecule has 0 saturated heterocycles. The first-order valence-corrected chi connectivity index (χ1v) is 8.90. The predicted octanol–water partition coefficient (Wildman–Crippen LogP) is 4.89. The van der Waals surface area contributed by atoms with Gasteiger partial charge in [-0.1, -0.05) is 17.7 Å². The third-order valence-electron chi connectivity index (χ3n) is 4.41. The van der Waals surface area contributed by atoms with E-state index in [1.54, 1.807) is 0 Å². The Kier molecular flexibility index (Phi) is 4.88. The maximum atomic E-state index is 13.7. The van der Waals surface area contributed by atoms with Crippen LogP contribution in [-0.4, -0.2) is 9.55 Å². The molecule has 4 nitrogen and oxygen atoms in total. The maximum Gasteiger partial charge on any atom is 0.254 e. The fourth-order valence-corrected chi connectivity index (χ4v) is 3.18. The Morgan fingerprint density at radius 3 is 2.75 bits per heavy atom. The van der Waals surface area contributed by atoms with Gasteiger partial charge >= 0.3 is 0 Å². The summed E-state index contributed by atoms with van der Waals surface area (Å²) >= 11 is 6.23. The van der Waals surface area contributed by atoms with Crippen molar-refractivity contribution >= 4 is 22.5 Å². The van der Waals surface area contributed by atoms with Gasteiger partial charge < -0.3 is 14.3 Å². The van der Waals surface area contributed by atoms with E-state index < -0.39 is 11.6 Å². The van der Waals surface area contributed by atoms with Crippen molar-refractivity contribution in [1.29, 1.82) is 0 Å². The van der Waals surface area contributed by atoms with Crippen LogP contribution >= 0.6 is 11.6 Å². The van der Waals surface area contributed by atoms with Gasteiger partial charge in [-0.15, -0.1) is 0 Å². The van der Waals surface area contributed by atoms with E-state index >= 15 is 0 Å². The molecule has 0 fully saturated rings. The number of benzene rings is 2. The van der Waals surface area contributed by atoms with Crippen molar-refractivity contribution in [2.24, 2.45) is 0 Å². The standard InChI is InChI=1S/C21H15ClF2N2O2/c22-17-11-26(10-13-1-4-19-14(7-13)5-6-25-19)21(27)9-20(17)28-12-15-2-3-16(23)8-18(15)24/h1-9,11,25H,10,12H2. The molecule has 4 aromatic rings. The number of halogens is 3. The lowest BCUT2D eigenvalue weighted by molar-refractivity contribution is 0.298. The zero-order chi connectivity index (χ0) is 19.7. The highest BCUT2D eigenvalue weighted by atomic mass is 35.5. The van der Waals surface area contributed by atoms with E-state index in [0.717, 1.165) is 28.6 Å². The van der Waals surface area contributed by atoms with Crippen molar-refractivity contribution in [1.82, 2.24) is 9.55 Å². The minimum atomic E-state index is -0.718. The third-order valence-corrected chi connectivity index (χ3v) is 4.69. The van der Waals surface area contributed by atoms with Gasteiger partial charge in [-0.2, -0.15) is 0 Å². The van der Waals surface area contributed by atoms with Crippen LogP contribution < -0.4 is 10.3 Å². The molecule has 0 aliphatic heterocycles. The molecule has 142 valence electrons. The molecular formula is C21H15ClF2N2O2. The van der Waals surface area contributed by atoms with E-state index in [4.69, 9.17) is 16.3 Å². The predicted molar refractivity (Wildman–Crippen MR) is 104 cm³/mol. The highest BCUT2D eigenvalue weighted by Crippen LogP contribution is 2.24. The number of nitrogens with zero attached hydrogens (tertiary/aromatic N) is 1. The van der Waals surface area contributed by atoms with Gasteiger partial charge in [0.25, 0.3) is 5.56 Å². The van der Waals surface area contributed by atoms with Crippen LogP contribution in [0, 0.1) is 11.6 Å². The number of aromatic nitrogens is 2. The summed E-state index contributed by atoms with van der Waals surface area (Å²) in [5.41, 5.74) is 1.84. The van der Waals surface area contributed by atoms with Crippen molar-refractivity contribution in [2.45, 2.75) is 13.2 Å². The van der Waals surface area contributed by atoms with E-state index in [9.17, 15) is 13.6 Å². The number of fused-ring (bicyclic) bond motifs is 1. The number of nitrogens with one attached hydrogen (secondary N) is 1. The lowest BCUT2D eigenvalue weighted by atomic mass is 10.1. The molecule has 0 saturated carbocycles. The van der Waals surface area contributed by atoms with Crippen LogP contribution in [0.5, 0.6) is 5.75 Å². The molecule has 2 aromatic carbocycles. The SMILES string of the molecule is O=c1cc(OCc2ccc(F)cc2F)c(Cl)cn1Cc1ccc2[nH]ccc2c1. The Morgan fingerprint density at radius 2 is 1.93 bits per heavy atom. The van der Waals surface area contributed by atoms with Crippen LogP contribution in [0.2, 0.25) is 5.02 Å². The minimum Gasteiger partial charge on any atom is -0.487 e. The van der Waals surface area contributed by atoms with Gasteiger partial charge in [0, 0.05) is 35.6 Å². The Labute approximate surface area is 164 Å². The molecule has 2 aromatic heterocycles. The molecule has 0 bridgehead atoms. The monoisotopic (exact) mass is 400 g/mol. The topological polar surface area (TPSA) is 47.0 Å². The molecule has 2 heterocycles. The number of aromatic amines is 1. The molecule has 0 aliphatic carbocycles. The molecule has 0 atom stereocenters. The van der Waals surface area contributed by atoms with Crippen LogP contribution in [-0.2, 0) is 13.2 Å². The van der Waals surface area contributed by atoms with E-state index in [-0.39, 0.29) is 28.5 Å². The maximum absolute atomic E-state index is 13.7. The van der Waals surface area contributed by atoms with Crippen LogP contribution in [0.3, 0.4) is 0 Å². The zero-order valence-electron chi connectivity index (χ0n) is 14.6. The van der Waals surface area contributed by atoms with Crippen molar-refractivity contribution < 1.29 is 13.5 Å². The number of pyridine rings is 1. The summed E-state index contributed by atoms with van der Waals surface area (Å²) in [5, 5.41) is 1.28. The third kappa shape index (κ3) is 3.77. The van der Waals surface area contributed by atoms with E-state index in [1.807, 2.05) is 30.5 Å².